The van der Waals surface area contributed by atoms with Crippen molar-refractivity contribution >= 4 is 17.5 Å². The number of hydrogen-bond donors (Lipinski definition) is 3. The van der Waals surface area contributed by atoms with Gasteiger partial charge in [0.15, 0.2) is 0 Å². The molecule has 1 heterocycles. The zero-order chi connectivity index (χ0) is 11.3. The molecule has 1 atom stereocenters. The first-order valence-corrected chi connectivity index (χ1v) is 5.24. The van der Waals surface area contributed by atoms with Gasteiger partial charge in [-0.2, -0.15) is 0 Å². The van der Waals surface area contributed by atoms with E-state index in [0.29, 0.717) is 23.7 Å². The summed E-state index contributed by atoms with van der Waals surface area (Å²) in [5, 5.41) is 12.0. The highest BCUT2D eigenvalue weighted by atomic mass is 35.5. The molecule has 1 aromatic heterocycles. The van der Waals surface area contributed by atoms with Gasteiger partial charge in [-0.15, -0.1) is 0 Å². The Kier molecular flexibility index (Phi) is 4.65. The quantitative estimate of drug-likeness (QED) is 0.716. The molecule has 0 radical (unpaired) electrons. The fourth-order valence-electron chi connectivity index (χ4n) is 1.18. The second-order valence-electron chi connectivity index (χ2n) is 3.56. The van der Waals surface area contributed by atoms with Crippen molar-refractivity contribution < 1.29 is 9.90 Å². The Morgan fingerprint density at radius 1 is 1.73 bits per heavy atom. The lowest BCUT2D eigenvalue weighted by Crippen LogP contribution is -2.28. The molecule has 0 aliphatic rings. The van der Waals surface area contributed by atoms with Gasteiger partial charge >= 0.3 is 0 Å². The normalized spacial score (nSPS) is 12.5. The van der Waals surface area contributed by atoms with Gasteiger partial charge in [0.1, 0.15) is 5.69 Å². The molecule has 1 amide bonds. The van der Waals surface area contributed by atoms with Crippen LogP contribution >= 0.6 is 11.6 Å². The van der Waals surface area contributed by atoms with Gasteiger partial charge in [-0.05, 0) is 18.4 Å². The summed E-state index contributed by atoms with van der Waals surface area (Å²) in [6.07, 6.45) is 2.25. The number of rotatable bonds is 5. The number of carbonyl (C=O) groups excluding carboxylic acids is 1. The maximum atomic E-state index is 11.5. The van der Waals surface area contributed by atoms with Gasteiger partial charge in [-0.25, -0.2) is 0 Å². The van der Waals surface area contributed by atoms with Gasteiger partial charge in [0.25, 0.3) is 5.91 Å². The zero-order valence-electron chi connectivity index (χ0n) is 8.59. The molecule has 0 saturated carbocycles. The highest BCUT2D eigenvalue weighted by molar-refractivity contribution is 6.30. The molecular formula is C10H15ClN2O2. The largest absolute Gasteiger partial charge is 0.396 e. The van der Waals surface area contributed by atoms with Crippen LogP contribution in [-0.4, -0.2) is 29.1 Å². The lowest BCUT2D eigenvalue weighted by atomic mass is 10.1. The predicted molar refractivity (Wildman–Crippen MR) is 59.0 cm³/mol. The minimum atomic E-state index is -0.174. The fourth-order valence-corrected chi connectivity index (χ4v) is 1.35. The third kappa shape index (κ3) is 3.93. The zero-order valence-corrected chi connectivity index (χ0v) is 9.34. The monoisotopic (exact) mass is 230 g/mol. The molecule has 4 nitrogen and oxygen atoms in total. The lowest BCUT2D eigenvalue weighted by molar-refractivity contribution is 0.0941. The molecule has 1 aromatic rings. The van der Waals surface area contributed by atoms with E-state index in [-0.39, 0.29) is 18.4 Å². The number of hydrogen-bond acceptors (Lipinski definition) is 2. The highest BCUT2D eigenvalue weighted by Gasteiger charge is 2.09. The molecule has 0 bridgehead atoms. The average Bonchev–Trinajstić information content (AvgIpc) is 2.62. The number of aliphatic hydroxyl groups excluding tert-OH is 1. The van der Waals surface area contributed by atoms with Crippen molar-refractivity contribution in [2.24, 2.45) is 5.92 Å². The van der Waals surface area contributed by atoms with Crippen LogP contribution in [-0.2, 0) is 0 Å². The Morgan fingerprint density at radius 2 is 2.47 bits per heavy atom. The van der Waals surface area contributed by atoms with Gasteiger partial charge in [-0.3, -0.25) is 4.79 Å². The maximum Gasteiger partial charge on any atom is 0.267 e. The van der Waals surface area contributed by atoms with E-state index in [1.807, 2.05) is 6.92 Å². The van der Waals surface area contributed by atoms with E-state index in [2.05, 4.69) is 10.3 Å². The molecule has 15 heavy (non-hydrogen) atoms. The van der Waals surface area contributed by atoms with E-state index in [9.17, 15) is 4.79 Å². The van der Waals surface area contributed by atoms with Crippen LogP contribution in [0.2, 0.25) is 5.02 Å². The van der Waals surface area contributed by atoms with Gasteiger partial charge in [0.05, 0.1) is 5.02 Å². The molecule has 0 aliphatic carbocycles. The van der Waals surface area contributed by atoms with Crippen LogP contribution in [0.25, 0.3) is 0 Å². The second kappa shape index (κ2) is 5.78. The average molecular weight is 231 g/mol. The molecule has 0 fully saturated rings. The first-order chi connectivity index (χ1) is 7.13. The van der Waals surface area contributed by atoms with E-state index >= 15 is 0 Å². The molecule has 0 spiro atoms. The van der Waals surface area contributed by atoms with Crippen LogP contribution < -0.4 is 5.32 Å². The first-order valence-electron chi connectivity index (χ1n) is 4.86. The minimum absolute atomic E-state index is 0.144. The number of H-pyrrole nitrogens is 1. The Balaban J connectivity index is 2.36. The molecule has 0 aromatic carbocycles. The first kappa shape index (κ1) is 12.1. The number of aromatic amines is 1. The fraction of sp³-hybridized carbons (Fsp3) is 0.500. The third-order valence-electron chi connectivity index (χ3n) is 2.13. The van der Waals surface area contributed by atoms with Crippen molar-refractivity contribution in [2.75, 3.05) is 13.2 Å². The topological polar surface area (TPSA) is 65.1 Å². The Labute approximate surface area is 93.6 Å². The number of nitrogens with one attached hydrogen (secondary N) is 2. The number of carbonyl (C=O) groups is 1. The smallest absolute Gasteiger partial charge is 0.267 e. The predicted octanol–water partition coefficient (Wildman–Crippen LogP) is 1.42. The number of halogens is 1. The number of aliphatic hydroxyl groups is 1. The van der Waals surface area contributed by atoms with Crippen LogP contribution in [0, 0.1) is 5.92 Å². The van der Waals surface area contributed by atoms with Crippen molar-refractivity contribution in [3.8, 4) is 0 Å². The highest BCUT2D eigenvalue weighted by Crippen LogP contribution is 2.09. The number of aromatic nitrogens is 1. The van der Waals surface area contributed by atoms with Crippen molar-refractivity contribution in [1.82, 2.24) is 10.3 Å². The van der Waals surface area contributed by atoms with Gasteiger partial charge in [-0.1, -0.05) is 18.5 Å². The van der Waals surface area contributed by atoms with Crippen LogP contribution in [0.3, 0.4) is 0 Å². The molecule has 0 aliphatic heterocycles. The lowest BCUT2D eigenvalue weighted by Gasteiger charge is -2.10. The third-order valence-corrected chi connectivity index (χ3v) is 2.34. The van der Waals surface area contributed by atoms with Crippen molar-refractivity contribution in [2.45, 2.75) is 13.3 Å². The van der Waals surface area contributed by atoms with E-state index in [1.165, 1.54) is 0 Å². The molecule has 0 saturated heterocycles. The summed E-state index contributed by atoms with van der Waals surface area (Å²) in [4.78, 5) is 14.3. The Morgan fingerprint density at radius 3 is 3.00 bits per heavy atom. The van der Waals surface area contributed by atoms with Gasteiger partial charge in [0, 0.05) is 19.3 Å². The van der Waals surface area contributed by atoms with Crippen molar-refractivity contribution in [3.63, 3.8) is 0 Å². The van der Waals surface area contributed by atoms with Crippen LogP contribution in [0.15, 0.2) is 12.3 Å². The standard InChI is InChI=1S/C10H15ClN2O2/c1-7(2-3-14)5-13-10(15)9-4-8(11)6-12-9/h4,6-7,12,14H,2-3,5H2,1H3,(H,13,15). The Hall–Kier alpha value is -1.00. The molecule has 3 N–H and O–H groups in total. The molecule has 1 rings (SSSR count). The van der Waals surface area contributed by atoms with Crippen molar-refractivity contribution in [1.29, 1.82) is 0 Å². The van der Waals surface area contributed by atoms with Crippen LogP contribution in [0.4, 0.5) is 0 Å². The summed E-state index contributed by atoms with van der Waals surface area (Å²) < 4.78 is 0. The van der Waals surface area contributed by atoms with E-state index in [1.54, 1.807) is 12.3 Å². The second-order valence-corrected chi connectivity index (χ2v) is 4.00. The van der Waals surface area contributed by atoms with E-state index in [0.717, 1.165) is 0 Å². The number of amides is 1. The summed E-state index contributed by atoms with van der Waals surface area (Å²) in [5.74, 6) is 0.0936. The summed E-state index contributed by atoms with van der Waals surface area (Å²) in [6, 6.07) is 1.58. The van der Waals surface area contributed by atoms with E-state index < -0.39 is 0 Å². The summed E-state index contributed by atoms with van der Waals surface area (Å²) >= 11 is 5.67. The van der Waals surface area contributed by atoms with Gasteiger partial charge < -0.3 is 15.4 Å². The molecular weight excluding hydrogens is 216 g/mol. The minimum Gasteiger partial charge on any atom is -0.396 e. The molecule has 1 unspecified atom stereocenters. The Bertz CT molecular complexity index is 325. The summed E-state index contributed by atoms with van der Waals surface area (Å²) in [6.45, 7) is 2.67. The van der Waals surface area contributed by atoms with Crippen molar-refractivity contribution in [3.05, 3.63) is 23.0 Å². The van der Waals surface area contributed by atoms with E-state index in [4.69, 9.17) is 16.7 Å². The molecule has 84 valence electrons. The summed E-state index contributed by atoms with van der Waals surface area (Å²) in [7, 11) is 0. The van der Waals surface area contributed by atoms with Crippen LogP contribution in [0.1, 0.15) is 23.8 Å². The van der Waals surface area contributed by atoms with Gasteiger partial charge in [0.2, 0.25) is 0 Å². The SMILES string of the molecule is CC(CCO)CNC(=O)c1cc(Cl)c[nH]1. The van der Waals surface area contributed by atoms with Crippen LogP contribution in [0.5, 0.6) is 0 Å². The summed E-state index contributed by atoms with van der Waals surface area (Å²) in [5.41, 5.74) is 0.455. The molecule has 5 heteroatoms. The maximum absolute atomic E-state index is 11.5.